The van der Waals surface area contributed by atoms with Crippen LogP contribution >= 0.6 is 24.0 Å². The van der Waals surface area contributed by atoms with Crippen molar-refractivity contribution in [3.05, 3.63) is 74.5 Å². The second-order valence-electron chi connectivity index (χ2n) is 7.10. The molecule has 0 aliphatic carbocycles. The number of carbonyl (C=O) groups excluding carboxylic acids is 1. The molecule has 0 atom stereocenters. The van der Waals surface area contributed by atoms with Crippen LogP contribution in [0.15, 0.2) is 52.3 Å². The van der Waals surface area contributed by atoms with E-state index in [0.717, 1.165) is 27.8 Å². The van der Waals surface area contributed by atoms with Crippen LogP contribution in [0.3, 0.4) is 0 Å². The van der Waals surface area contributed by atoms with Crippen LogP contribution in [0.25, 0.3) is 11.7 Å². The van der Waals surface area contributed by atoms with Crippen LogP contribution < -0.4 is 10.3 Å². The van der Waals surface area contributed by atoms with Crippen LogP contribution in [-0.4, -0.2) is 42.1 Å². The summed E-state index contributed by atoms with van der Waals surface area (Å²) in [4.78, 5) is 42.6. The zero-order chi connectivity index (χ0) is 23.0. The monoisotopic (exact) mass is 467 g/mol. The van der Waals surface area contributed by atoms with Gasteiger partial charge in [0.05, 0.1) is 4.91 Å². The summed E-state index contributed by atoms with van der Waals surface area (Å²) in [6.45, 7) is 3.29. The average Bonchev–Trinajstić information content (AvgIpc) is 3.00. The summed E-state index contributed by atoms with van der Waals surface area (Å²) in [6.07, 6.45) is 2.92. The lowest BCUT2D eigenvalue weighted by Gasteiger charge is -2.12. The van der Waals surface area contributed by atoms with Gasteiger partial charge in [-0.3, -0.25) is 23.7 Å². The number of amides is 1. The number of aromatic nitrogens is 2. The number of hydrogen-bond donors (Lipinski definition) is 1. The SMILES string of the molecule is Cc1ccc(Oc2nc3ccccn3c(=O)c2/C=C2/SC(=S)N(CC(=O)O)C2=O)c(C)c1. The Hall–Kier alpha value is -3.50. The highest BCUT2D eigenvalue weighted by Crippen LogP contribution is 2.34. The van der Waals surface area contributed by atoms with Crippen molar-refractivity contribution in [1.29, 1.82) is 0 Å². The molecule has 10 heteroatoms. The summed E-state index contributed by atoms with van der Waals surface area (Å²) in [5.74, 6) is -1.21. The van der Waals surface area contributed by atoms with Crippen LogP contribution in [0.4, 0.5) is 0 Å². The van der Waals surface area contributed by atoms with E-state index in [2.05, 4.69) is 4.98 Å². The van der Waals surface area contributed by atoms with Crippen molar-refractivity contribution in [2.24, 2.45) is 0 Å². The molecule has 8 nitrogen and oxygen atoms in total. The van der Waals surface area contributed by atoms with E-state index < -0.39 is 24.0 Å². The number of hydrogen-bond acceptors (Lipinski definition) is 7. The molecule has 2 aromatic heterocycles. The summed E-state index contributed by atoms with van der Waals surface area (Å²) >= 11 is 6.07. The van der Waals surface area contributed by atoms with Gasteiger partial charge in [0.2, 0.25) is 5.88 Å². The Morgan fingerprint density at radius 2 is 2.03 bits per heavy atom. The molecule has 1 aliphatic rings. The first-order valence-corrected chi connectivity index (χ1v) is 10.7. The van der Waals surface area contributed by atoms with Gasteiger partial charge in [0.25, 0.3) is 11.5 Å². The number of pyridine rings is 1. The molecule has 0 unspecified atom stereocenters. The van der Waals surface area contributed by atoms with E-state index in [1.165, 1.54) is 10.5 Å². The summed E-state index contributed by atoms with van der Waals surface area (Å²) in [5.41, 5.74) is 1.93. The van der Waals surface area contributed by atoms with Gasteiger partial charge in [-0.25, -0.2) is 0 Å². The van der Waals surface area contributed by atoms with Crippen LogP contribution in [0.5, 0.6) is 11.6 Å². The largest absolute Gasteiger partial charge is 0.480 e. The van der Waals surface area contributed by atoms with E-state index in [1.807, 2.05) is 26.0 Å². The number of aliphatic carboxylic acids is 1. The number of aryl methyl sites for hydroxylation is 2. The summed E-state index contributed by atoms with van der Waals surface area (Å²) < 4.78 is 7.47. The molecule has 1 N–H and O–H groups in total. The van der Waals surface area contributed by atoms with Gasteiger partial charge >= 0.3 is 5.97 Å². The Kier molecular flexibility index (Phi) is 5.81. The van der Waals surface area contributed by atoms with Crippen molar-refractivity contribution in [2.75, 3.05) is 6.54 Å². The third-order valence-electron chi connectivity index (χ3n) is 4.71. The van der Waals surface area contributed by atoms with Crippen molar-refractivity contribution >= 4 is 51.9 Å². The second-order valence-corrected chi connectivity index (χ2v) is 8.77. The molecule has 162 valence electrons. The maximum absolute atomic E-state index is 13.3. The van der Waals surface area contributed by atoms with Gasteiger partial charge in [0, 0.05) is 6.20 Å². The van der Waals surface area contributed by atoms with Crippen LogP contribution in [-0.2, 0) is 9.59 Å². The highest BCUT2D eigenvalue weighted by atomic mass is 32.2. The predicted molar refractivity (Wildman–Crippen MR) is 125 cm³/mol. The van der Waals surface area contributed by atoms with E-state index in [1.54, 1.807) is 30.5 Å². The van der Waals surface area contributed by atoms with Crippen molar-refractivity contribution < 1.29 is 19.4 Å². The lowest BCUT2D eigenvalue weighted by molar-refractivity contribution is -0.140. The second kappa shape index (κ2) is 8.56. The molecule has 1 aromatic carbocycles. The van der Waals surface area contributed by atoms with Crippen molar-refractivity contribution in [1.82, 2.24) is 14.3 Å². The number of thiocarbonyl (C=S) groups is 1. The van der Waals surface area contributed by atoms with Crippen molar-refractivity contribution in [3.63, 3.8) is 0 Å². The highest BCUT2D eigenvalue weighted by Gasteiger charge is 2.34. The highest BCUT2D eigenvalue weighted by molar-refractivity contribution is 8.26. The third-order valence-corrected chi connectivity index (χ3v) is 6.09. The van der Waals surface area contributed by atoms with Gasteiger partial charge in [0.1, 0.15) is 27.8 Å². The number of thioether (sulfide) groups is 1. The number of carboxylic acids is 1. The summed E-state index contributed by atoms with van der Waals surface area (Å²) in [5, 5.41) is 9.04. The van der Waals surface area contributed by atoms with Crippen LogP contribution in [0, 0.1) is 13.8 Å². The standard InChI is InChI=1S/C22H17N3O5S2/c1-12-6-7-15(13(2)9-12)30-19-14(20(28)24-8-4-3-5-17(24)23-19)10-16-21(29)25(11-18(26)27)22(31)32-16/h3-10H,11H2,1-2H3,(H,26,27)/b16-10+. The number of benzene rings is 1. The lowest BCUT2D eigenvalue weighted by Crippen LogP contribution is -2.33. The number of rotatable bonds is 5. The van der Waals surface area contributed by atoms with E-state index in [9.17, 15) is 14.4 Å². The molecule has 4 rings (SSSR count). The Morgan fingerprint density at radius 1 is 1.25 bits per heavy atom. The average molecular weight is 468 g/mol. The van der Waals surface area contributed by atoms with E-state index in [4.69, 9.17) is 22.1 Å². The van der Waals surface area contributed by atoms with Gasteiger partial charge < -0.3 is 9.84 Å². The smallest absolute Gasteiger partial charge is 0.323 e. The molecule has 0 saturated carbocycles. The molecule has 1 saturated heterocycles. The molecule has 1 aliphatic heterocycles. The molecule has 1 amide bonds. The van der Waals surface area contributed by atoms with Crippen LogP contribution in [0.1, 0.15) is 16.7 Å². The number of carbonyl (C=O) groups is 2. The van der Waals surface area contributed by atoms with E-state index >= 15 is 0 Å². The van der Waals surface area contributed by atoms with E-state index in [0.29, 0.717) is 11.4 Å². The summed E-state index contributed by atoms with van der Waals surface area (Å²) in [6, 6.07) is 10.7. The third kappa shape index (κ3) is 4.14. The Balaban J connectivity index is 1.85. The molecule has 1 fully saturated rings. The number of ether oxygens (including phenoxy) is 1. The molecule has 0 radical (unpaired) electrons. The molecular formula is C22H17N3O5S2. The fraction of sp³-hybridized carbons (Fsp3) is 0.136. The Morgan fingerprint density at radius 3 is 2.75 bits per heavy atom. The maximum atomic E-state index is 13.3. The van der Waals surface area contributed by atoms with Crippen LogP contribution in [0.2, 0.25) is 0 Å². The molecule has 3 aromatic rings. The minimum Gasteiger partial charge on any atom is -0.480 e. The van der Waals surface area contributed by atoms with Crippen molar-refractivity contribution in [3.8, 4) is 11.6 Å². The zero-order valence-corrected chi connectivity index (χ0v) is 18.7. The lowest BCUT2D eigenvalue weighted by atomic mass is 10.1. The first-order chi connectivity index (χ1) is 15.2. The van der Waals surface area contributed by atoms with Crippen molar-refractivity contribution in [2.45, 2.75) is 13.8 Å². The minimum atomic E-state index is -1.19. The first-order valence-electron chi connectivity index (χ1n) is 9.48. The van der Waals surface area contributed by atoms with Gasteiger partial charge in [-0.05, 0) is 43.7 Å². The minimum absolute atomic E-state index is 0.0386. The fourth-order valence-corrected chi connectivity index (χ4v) is 4.44. The van der Waals surface area contributed by atoms with Gasteiger partial charge in [-0.1, -0.05) is 47.7 Å². The normalized spacial score (nSPS) is 15.1. The zero-order valence-electron chi connectivity index (χ0n) is 17.1. The molecule has 32 heavy (non-hydrogen) atoms. The Bertz CT molecular complexity index is 1380. The first kappa shape index (κ1) is 21.7. The maximum Gasteiger partial charge on any atom is 0.323 e. The number of carboxylic acid groups (broad SMARTS) is 1. The van der Waals surface area contributed by atoms with Gasteiger partial charge in [-0.15, -0.1) is 0 Å². The quantitative estimate of drug-likeness (QED) is 0.450. The van der Waals surface area contributed by atoms with Gasteiger partial charge in [-0.2, -0.15) is 4.98 Å². The molecule has 3 heterocycles. The predicted octanol–water partition coefficient (Wildman–Crippen LogP) is 3.39. The summed E-state index contributed by atoms with van der Waals surface area (Å²) in [7, 11) is 0. The number of fused-ring (bicyclic) bond motifs is 1. The fourth-order valence-electron chi connectivity index (χ4n) is 3.20. The van der Waals surface area contributed by atoms with E-state index in [-0.39, 0.29) is 20.7 Å². The molecule has 0 spiro atoms. The van der Waals surface area contributed by atoms with Gasteiger partial charge in [0.15, 0.2) is 0 Å². The molecular weight excluding hydrogens is 450 g/mol. The Labute approximate surface area is 192 Å². The number of nitrogens with zero attached hydrogens (tertiary/aromatic N) is 3. The topological polar surface area (TPSA) is 101 Å². The molecule has 0 bridgehead atoms.